The third-order valence-corrected chi connectivity index (χ3v) is 2.74. The van der Waals surface area contributed by atoms with E-state index in [4.69, 9.17) is 5.84 Å². The van der Waals surface area contributed by atoms with Gasteiger partial charge >= 0.3 is 0 Å². The molecule has 1 aliphatic heterocycles. The van der Waals surface area contributed by atoms with Crippen LogP contribution >= 0.6 is 0 Å². The molecule has 7 heteroatoms. The highest BCUT2D eigenvalue weighted by molar-refractivity contribution is 5.77. The number of rotatable bonds is 3. The molecule has 1 aromatic rings. The summed E-state index contributed by atoms with van der Waals surface area (Å²) >= 11 is 0. The summed E-state index contributed by atoms with van der Waals surface area (Å²) in [6, 6.07) is 1.80. The minimum atomic E-state index is -0.158. The van der Waals surface area contributed by atoms with Gasteiger partial charge in [0.15, 0.2) is 0 Å². The average molecular weight is 236 g/mol. The average Bonchev–Trinajstić information content (AvgIpc) is 2.40. The van der Waals surface area contributed by atoms with Crippen molar-refractivity contribution in [2.45, 2.75) is 0 Å². The van der Waals surface area contributed by atoms with Gasteiger partial charge in [-0.3, -0.25) is 15.1 Å². The zero-order valence-electron chi connectivity index (χ0n) is 9.54. The molecule has 0 radical (unpaired) electrons. The Morgan fingerprint density at radius 3 is 2.53 bits per heavy atom. The topological polar surface area (TPSA) is 87.4 Å². The molecule has 7 nitrogen and oxygen atoms in total. The van der Waals surface area contributed by atoms with Crippen molar-refractivity contribution in [1.29, 1.82) is 0 Å². The molecule has 1 amide bonds. The van der Waals surface area contributed by atoms with E-state index in [2.05, 4.69) is 25.2 Å². The second kappa shape index (κ2) is 5.55. The van der Waals surface area contributed by atoms with Crippen LogP contribution in [0.1, 0.15) is 0 Å². The Hall–Kier alpha value is -1.73. The number of piperazine rings is 1. The van der Waals surface area contributed by atoms with Crippen molar-refractivity contribution in [2.24, 2.45) is 5.84 Å². The third kappa shape index (κ3) is 3.11. The summed E-state index contributed by atoms with van der Waals surface area (Å²) in [4.78, 5) is 23.7. The summed E-state index contributed by atoms with van der Waals surface area (Å²) in [6.07, 6.45) is 3.47. The summed E-state index contributed by atoms with van der Waals surface area (Å²) < 4.78 is 0. The molecular weight excluding hydrogens is 220 g/mol. The zero-order chi connectivity index (χ0) is 12.1. The number of hydrazine groups is 1. The van der Waals surface area contributed by atoms with Gasteiger partial charge in [-0.15, -0.1) is 0 Å². The first-order valence-electron chi connectivity index (χ1n) is 5.53. The van der Waals surface area contributed by atoms with E-state index in [0.717, 1.165) is 32.1 Å². The summed E-state index contributed by atoms with van der Waals surface area (Å²) in [7, 11) is 0. The highest BCUT2D eigenvalue weighted by Crippen LogP contribution is 2.08. The summed E-state index contributed by atoms with van der Waals surface area (Å²) in [5, 5.41) is 0. The van der Waals surface area contributed by atoms with E-state index >= 15 is 0 Å². The first kappa shape index (κ1) is 11.7. The van der Waals surface area contributed by atoms with Crippen molar-refractivity contribution in [2.75, 3.05) is 37.6 Å². The van der Waals surface area contributed by atoms with Gasteiger partial charge in [0.25, 0.3) is 0 Å². The molecule has 17 heavy (non-hydrogen) atoms. The number of hydrogen-bond acceptors (Lipinski definition) is 6. The van der Waals surface area contributed by atoms with Crippen LogP contribution in [-0.4, -0.2) is 53.5 Å². The van der Waals surface area contributed by atoms with E-state index in [1.807, 2.05) is 0 Å². The van der Waals surface area contributed by atoms with Crippen LogP contribution in [0.3, 0.4) is 0 Å². The van der Waals surface area contributed by atoms with Crippen molar-refractivity contribution in [1.82, 2.24) is 20.3 Å². The minimum absolute atomic E-state index is 0.158. The lowest BCUT2D eigenvalue weighted by molar-refractivity contribution is -0.122. The molecule has 92 valence electrons. The van der Waals surface area contributed by atoms with E-state index < -0.39 is 0 Å². The maximum atomic E-state index is 11.1. The Labute approximate surface area is 99.6 Å². The number of anilines is 1. The largest absolute Gasteiger partial charge is 0.338 e. The van der Waals surface area contributed by atoms with Crippen molar-refractivity contribution < 1.29 is 4.79 Å². The maximum absolute atomic E-state index is 11.1. The highest BCUT2D eigenvalue weighted by Gasteiger charge is 2.19. The van der Waals surface area contributed by atoms with Gasteiger partial charge in [0.2, 0.25) is 11.9 Å². The second-order valence-corrected chi connectivity index (χ2v) is 3.88. The minimum Gasteiger partial charge on any atom is -0.338 e. The molecule has 0 aromatic carbocycles. The third-order valence-electron chi connectivity index (χ3n) is 2.74. The van der Waals surface area contributed by atoms with Crippen LogP contribution in [0.25, 0.3) is 0 Å². The molecule has 1 aromatic heterocycles. The highest BCUT2D eigenvalue weighted by atomic mass is 16.2. The van der Waals surface area contributed by atoms with E-state index in [1.54, 1.807) is 18.5 Å². The fourth-order valence-electron chi connectivity index (χ4n) is 1.81. The SMILES string of the molecule is NNC(=O)CN1CCN(c2ncccn2)CC1. The summed E-state index contributed by atoms with van der Waals surface area (Å²) in [5.74, 6) is 5.64. The van der Waals surface area contributed by atoms with Crippen molar-refractivity contribution >= 4 is 11.9 Å². The van der Waals surface area contributed by atoms with Crippen LogP contribution in [0.15, 0.2) is 18.5 Å². The number of nitrogens with one attached hydrogen (secondary N) is 1. The standard InChI is InChI=1S/C10H16N6O/c11-14-9(17)8-15-4-6-16(7-5-15)10-12-2-1-3-13-10/h1-3H,4-8,11H2,(H,14,17). The van der Waals surface area contributed by atoms with Crippen molar-refractivity contribution in [3.63, 3.8) is 0 Å². The van der Waals surface area contributed by atoms with Crippen LogP contribution in [0.5, 0.6) is 0 Å². The first-order chi connectivity index (χ1) is 8.29. The van der Waals surface area contributed by atoms with E-state index in [-0.39, 0.29) is 5.91 Å². The molecule has 0 spiro atoms. The van der Waals surface area contributed by atoms with Crippen LogP contribution in [0.2, 0.25) is 0 Å². The lowest BCUT2D eigenvalue weighted by Gasteiger charge is -2.34. The van der Waals surface area contributed by atoms with Gasteiger partial charge in [-0.1, -0.05) is 0 Å². The lowest BCUT2D eigenvalue weighted by Crippen LogP contribution is -2.50. The monoisotopic (exact) mass is 236 g/mol. The molecule has 2 heterocycles. The second-order valence-electron chi connectivity index (χ2n) is 3.88. The molecule has 0 saturated carbocycles. The van der Waals surface area contributed by atoms with Gasteiger partial charge in [0.05, 0.1) is 6.54 Å². The van der Waals surface area contributed by atoms with E-state index in [9.17, 15) is 4.79 Å². The van der Waals surface area contributed by atoms with Gasteiger partial charge in [-0.25, -0.2) is 15.8 Å². The Bertz CT molecular complexity index is 362. The normalized spacial score (nSPS) is 16.9. The quantitative estimate of drug-likeness (QED) is 0.381. The Balaban J connectivity index is 1.84. The van der Waals surface area contributed by atoms with Gasteiger partial charge in [0, 0.05) is 38.6 Å². The maximum Gasteiger partial charge on any atom is 0.248 e. The fourth-order valence-corrected chi connectivity index (χ4v) is 1.81. The van der Waals surface area contributed by atoms with Crippen molar-refractivity contribution in [3.05, 3.63) is 18.5 Å². The van der Waals surface area contributed by atoms with Gasteiger partial charge < -0.3 is 4.90 Å². The number of hydrogen-bond donors (Lipinski definition) is 2. The van der Waals surface area contributed by atoms with Crippen LogP contribution < -0.4 is 16.2 Å². The fraction of sp³-hybridized carbons (Fsp3) is 0.500. The summed E-state index contributed by atoms with van der Waals surface area (Å²) in [6.45, 7) is 3.61. The smallest absolute Gasteiger partial charge is 0.248 e. The predicted octanol–water partition coefficient (Wildman–Crippen LogP) is -1.41. The Morgan fingerprint density at radius 1 is 1.29 bits per heavy atom. The predicted molar refractivity (Wildman–Crippen MR) is 63.0 cm³/mol. The van der Waals surface area contributed by atoms with Crippen LogP contribution in [0.4, 0.5) is 5.95 Å². The lowest BCUT2D eigenvalue weighted by atomic mass is 10.3. The van der Waals surface area contributed by atoms with Gasteiger partial charge in [-0.05, 0) is 6.07 Å². The Kier molecular flexibility index (Phi) is 3.84. The molecular formula is C10H16N6O. The van der Waals surface area contributed by atoms with Crippen LogP contribution in [-0.2, 0) is 4.79 Å². The number of carbonyl (C=O) groups is 1. The first-order valence-corrected chi connectivity index (χ1v) is 5.53. The summed E-state index contributed by atoms with van der Waals surface area (Å²) in [5.41, 5.74) is 2.14. The molecule has 0 bridgehead atoms. The van der Waals surface area contributed by atoms with Crippen LogP contribution in [0, 0.1) is 0 Å². The molecule has 0 aliphatic carbocycles. The molecule has 0 unspecified atom stereocenters. The molecule has 1 aliphatic rings. The number of nitrogens with zero attached hydrogens (tertiary/aromatic N) is 4. The number of amides is 1. The van der Waals surface area contributed by atoms with Gasteiger partial charge in [0.1, 0.15) is 0 Å². The molecule has 2 rings (SSSR count). The molecule has 0 atom stereocenters. The molecule has 1 fully saturated rings. The van der Waals surface area contributed by atoms with Gasteiger partial charge in [-0.2, -0.15) is 0 Å². The zero-order valence-corrected chi connectivity index (χ0v) is 9.54. The van der Waals surface area contributed by atoms with Crippen molar-refractivity contribution in [3.8, 4) is 0 Å². The number of nitrogens with two attached hydrogens (primary N) is 1. The Morgan fingerprint density at radius 2 is 1.94 bits per heavy atom. The number of carbonyl (C=O) groups excluding carboxylic acids is 1. The molecule has 1 saturated heterocycles. The molecule has 3 N–H and O–H groups in total. The number of aromatic nitrogens is 2. The van der Waals surface area contributed by atoms with E-state index in [1.165, 1.54) is 0 Å². The van der Waals surface area contributed by atoms with E-state index in [0.29, 0.717) is 6.54 Å².